The Morgan fingerprint density at radius 3 is 2.45 bits per heavy atom. The molecule has 2 atom stereocenters. The molecule has 2 aromatic carbocycles. The number of benzene rings is 2. The van der Waals surface area contributed by atoms with Crippen LogP contribution in [0.25, 0.3) is 0 Å². The number of nitrogens with one attached hydrogen (secondary N) is 2. The van der Waals surface area contributed by atoms with Crippen molar-refractivity contribution in [1.82, 2.24) is 5.32 Å². The van der Waals surface area contributed by atoms with Gasteiger partial charge in [0, 0.05) is 19.2 Å². The molecule has 0 spiro atoms. The van der Waals surface area contributed by atoms with E-state index in [-0.39, 0.29) is 23.0 Å². The minimum atomic E-state index is -1.02. The topological polar surface area (TPSA) is 111 Å². The van der Waals surface area contributed by atoms with E-state index in [0.29, 0.717) is 0 Å². The average Bonchev–Trinajstić information content (AvgIpc) is 2.72. The van der Waals surface area contributed by atoms with E-state index in [1.807, 2.05) is 37.3 Å². The average molecular weight is 399 g/mol. The van der Waals surface area contributed by atoms with Crippen LogP contribution in [0.4, 0.5) is 11.4 Å². The number of hydrogen-bond acceptors (Lipinski definition) is 6. The predicted octanol–water partition coefficient (Wildman–Crippen LogP) is 3.32. The van der Waals surface area contributed by atoms with E-state index in [1.165, 1.54) is 24.6 Å². The molecule has 0 saturated heterocycles. The third-order valence-corrected chi connectivity index (χ3v) is 4.45. The molecule has 0 radical (unpaired) electrons. The second kappa shape index (κ2) is 10.2. The minimum Gasteiger partial charge on any atom is -0.449 e. The van der Waals surface area contributed by atoms with Gasteiger partial charge < -0.3 is 15.4 Å². The third-order valence-electron chi connectivity index (χ3n) is 4.45. The number of nitrogens with zero attached hydrogens (tertiary/aromatic N) is 1. The largest absolute Gasteiger partial charge is 0.449 e. The zero-order valence-electron chi connectivity index (χ0n) is 16.7. The first kappa shape index (κ1) is 21.9. The number of carbonyl (C=O) groups excluding carboxylic acids is 2. The highest BCUT2D eigenvalue weighted by atomic mass is 16.6. The van der Waals surface area contributed by atoms with E-state index in [9.17, 15) is 19.7 Å². The molecule has 2 rings (SSSR count). The number of carbonyl (C=O) groups is 2. The highest BCUT2D eigenvalue weighted by Gasteiger charge is 2.23. The number of ether oxygens (including phenoxy) is 1. The van der Waals surface area contributed by atoms with Gasteiger partial charge in [-0.15, -0.1) is 0 Å². The summed E-state index contributed by atoms with van der Waals surface area (Å²) in [4.78, 5) is 35.1. The molecule has 0 aliphatic rings. The molecule has 0 bridgehead atoms. The summed E-state index contributed by atoms with van der Waals surface area (Å²) in [6.07, 6.45) is 0.538. The van der Waals surface area contributed by atoms with Crippen molar-refractivity contribution >= 4 is 23.3 Å². The highest BCUT2D eigenvalue weighted by molar-refractivity contribution is 5.93. The van der Waals surface area contributed by atoms with Crippen molar-refractivity contribution in [3.63, 3.8) is 0 Å². The van der Waals surface area contributed by atoms with Crippen molar-refractivity contribution in [3.8, 4) is 0 Å². The standard InChI is InChI=1S/C21H25N3O5/c1-14(9-10-16-7-5-4-6-8-16)23-20(25)15(2)29-21(26)17-11-12-18(22-3)19(13-17)24(27)28/h4-8,11-15,22H,9-10H2,1-3H3,(H,23,25)/t14-,15-/m1/s1. The van der Waals surface area contributed by atoms with Crippen LogP contribution in [0.5, 0.6) is 0 Å². The molecule has 2 aromatic rings. The zero-order valence-corrected chi connectivity index (χ0v) is 16.7. The monoisotopic (exact) mass is 399 g/mol. The molecule has 2 N–H and O–H groups in total. The molecule has 0 aliphatic carbocycles. The van der Waals surface area contributed by atoms with Gasteiger partial charge in [0.1, 0.15) is 5.69 Å². The summed E-state index contributed by atoms with van der Waals surface area (Å²) < 4.78 is 5.18. The summed E-state index contributed by atoms with van der Waals surface area (Å²) in [5.41, 5.74) is 1.23. The predicted molar refractivity (Wildman–Crippen MR) is 110 cm³/mol. The van der Waals surface area contributed by atoms with Crippen LogP contribution >= 0.6 is 0 Å². The fourth-order valence-electron chi connectivity index (χ4n) is 2.76. The lowest BCUT2D eigenvalue weighted by Crippen LogP contribution is -2.41. The quantitative estimate of drug-likeness (QED) is 0.380. The number of rotatable bonds is 9. The maximum Gasteiger partial charge on any atom is 0.339 e. The van der Waals surface area contributed by atoms with Crippen LogP contribution in [0.2, 0.25) is 0 Å². The fraction of sp³-hybridized carbons (Fsp3) is 0.333. The van der Waals surface area contributed by atoms with E-state index in [4.69, 9.17) is 4.74 Å². The number of nitro groups is 1. The van der Waals surface area contributed by atoms with E-state index in [0.717, 1.165) is 18.9 Å². The lowest BCUT2D eigenvalue weighted by atomic mass is 10.1. The lowest BCUT2D eigenvalue weighted by Gasteiger charge is -2.18. The Labute approximate surface area is 169 Å². The van der Waals surface area contributed by atoms with Crippen LogP contribution in [-0.2, 0) is 16.0 Å². The Morgan fingerprint density at radius 1 is 1.14 bits per heavy atom. The Balaban J connectivity index is 1.90. The maximum absolute atomic E-state index is 12.3. The number of aryl methyl sites for hydroxylation is 1. The molecule has 0 aromatic heterocycles. The minimum absolute atomic E-state index is 0.00692. The molecule has 0 saturated carbocycles. The van der Waals surface area contributed by atoms with Crippen molar-refractivity contribution in [1.29, 1.82) is 0 Å². The number of esters is 1. The van der Waals surface area contributed by atoms with Crippen LogP contribution in [0, 0.1) is 10.1 Å². The summed E-state index contributed by atoms with van der Waals surface area (Å²) in [6, 6.07) is 13.8. The van der Waals surface area contributed by atoms with Crippen LogP contribution in [0.1, 0.15) is 36.2 Å². The van der Waals surface area contributed by atoms with Gasteiger partial charge in [-0.25, -0.2) is 4.79 Å². The molecular formula is C21H25N3O5. The Hall–Kier alpha value is -3.42. The highest BCUT2D eigenvalue weighted by Crippen LogP contribution is 2.25. The van der Waals surface area contributed by atoms with E-state index < -0.39 is 22.9 Å². The molecule has 8 heteroatoms. The molecule has 8 nitrogen and oxygen atoms in total. The number of nitro benzene ring substituents is 1. The summed E-state index contributed by atoms with van der Waals surface area (Å²) in [7, 11) is 1.55. The second-order valence-corrected chi connectivity index (χ2v) is 6.72. The first-order valence-corrected chi connectivity index (χ1v) is 9.33. The van der Waals surface area contributed by atoms with Crippen molar-refractivity contribution < 1.29 is 19.2 Å². The SMILES string of the molecule is CNc1ccc(C(=O)O[C@H](C)C(=O)N[C@H](C)CCc2ccccc2)cc1[N+](=O)[O-]. The van der Waals surface area contributed by atoms with Crippen LogP contribution in [-0.4, -0.2) is 36.0 Å². The van der Waals surface area contributed by atoms with Crippen LogP contribution in [0.3, 0.4) is 0 Å². The summed E-state index contributed by atoms with van der Waals surface area (Å²) in [5, 5.41) is 16.6. The van der Waals surface area contributed by atoms with Gasteiger partial charge >= 0.3 is 5.97 Å². The molecule has 0 unspecified atom stereocenters. The van der Waals surface area contributed by atoms with Crippen molar-refractivity contribution in [3.05, 3.63) is 69.8 Å². The van der Waals surface area contributed by atoms with Gasteiger partial charge in [-0.3, -0.25) is 14.9 Å². The van der Waals surface area contributed by atoms with Gasteiger partial charge in [-0.2, -0.15) is 0 Å². The third kappa shape index (κ3) is 6.31. The van der Waals surface area contributed by atoms with Gasteiger partial charge in [-0.05, 0) is 44.4 Å². The van der Waals surface area contributed by atoms with E-state index >= 15 is 0 Å². The molecule has 1 amide bonds. The number of amides is 1. The first-order valence-electron chi connectivity index (χ1n) is 9.33. The normalized spacial score (nSPS) is 12.5. The van der Waals surface area contributed by atoms with Crippen molar-refractivity contribution in [2.24, 2.45) is 0 Å². The van der Waals surface area contributed by atoms with Crippen molar-refractivity contribution in [2.45, 2.75) is 38.8 Å². The molecule has 29 heavy (non-hydrogen) atoms. The maximum atomic E-state index is 12.3. The van der Waals surface area contributed by atoms with Crippen LogP contribution < -0.4 is 10.6 Å². The second-order valence-electron chi connectivity index (χ2n) is 6.72. The number of hydrogen-bond donors (Lipinski definition) is 2. The van der Waals surface area contributed by atoms with E-state index in [2.05, 4.69) is 10.6 Å². The van der Waals surface area contributed by atoms with Gasteiger partial charge in [0.25, 0.3) is 11.6 Å². The van der Waals surface area contributed by atoms with Gasteiger partial charge in [0.2, 0.25) is 0 Å². The summed E-state index contributed by atoms with van der Waals surface area (Å²) in [6.45, 7) is 3.35. The Morgan fingerprint density at radius 2 is 1.83 bits per heavy atom. The van der Waals surface area contributed by atoms with Gasteiger partial charge in [-0.1, -0.05) is 30.3 Å². The molecular weight excluding hydrogens is 374 g/mol. The Bertz CT molecular complexity index is 870. The van der Waals surface area contributed by atoms with E-state index in [1.54, 1.807) is 7.05 Å². The molecule has 154 valence electrons. The van der Waals surface area contributed by atoms with Gasteiger partial charge in [0.15, 0.2) is 6.10 Å². The molecule has 0 heterocycles. The zero-order chi connectivity index (χ0) is 21.4. The summed E-state index contributed by atoms with van der Waals surface area (Å²) >= 11 is 0. The van der Waals surface area contributed by atoms with Gasteiger partial charge in [0.05, 0.1) is 10.5 Å². The lowest BCUT2D eigenvalue weighted by molar-refractivity contribution is -0.384. The molecule has 0 aliphatic heterocycles. The van der Waals surface area contributed by atoms with Crippen molar-refractivity contribution in [2.75, 3.05) is 12.4 Å². The summed E-state index contributed by atoms with van der Waals surface area (Å²) in [5.74, 6) is -1.21. The molecule has 0 fully saturated rings. The Kier molecular flexibility index (Phi) is 7.70. The smallest absolute Gasteiger partial charge is 0.339 e. The first-order chi connectivity index (χ1) is 13.8. The number of anilines is 1. The van der Waals surface area contributed by atoms with Crippen LogP contribution in [0.15, 0.2) is 48.5 Å². The fourth-order valence-corrected chi connectivity index (χ4v) is 2.76.